The molecule has 26 heavy (non-hydrogen) atoms. The number of imidazole rings is 1. The van der Waals surface area contributed by atoms with Crippen molar-refractivity contribution in [2.24, 2.45) is 7.05 Å². The molecule has 1 aromatic carbocycles. The van der Waals surface area contributed by atoms with Crippen molar-refractivity contribution in [1.29, 1.82) is 0 Å². The Labute approximate surface area is 148 Å². The van der Waals surface area contributed by atoms with Crippen molar-refractivity contribution in [2.75, 3.05) is 5.32 Å². The molecule has 0 fully saturated rings. The van der Waals surface area contributed by atoms with Crippen LogP contribution in [0.2, 0.25) is 0 Å². The molecule has 0 unspecified atom stereocenters. The minimum absolute atomic E-state index is 0.247. The average molecular weight is 346 g/mol. The van der Waals surface area contributed by atoms with Crippen molar-refractivity contribution in [3.63, 3.8) is 0 Å². The summed E-state index contributed by atoms with van der Waals surface area (Å²) in [4.78, 5) is 20.7. The van der Waals surface area contributed by atoms with Crippen molar-refractivity contribution in [1.82, 2.24) is 34.7 Å². The third-order valence-corrected chi connectivity index (χ3v) is 3.78. The molecule has 1 N–H and O–H groups in total. The van der Waals surface area contributed by atoms with Gasteiger partial charge in [0.25, 0.3) is 5.91 Å². The zero-order valence-electron chi connectivity index (χ0n) is 13.8. The molecule has 0 saturated carbocycles. The van der Waals surface area contributed by atoms with Gasteiger partial charge in [-0.2, -0.15) is 0 Å². The summed E-state index contributed by atoms with van der Waals surface area (Å²) >= 11 is 0. The van der Waals surface area contributed by atoms with Gasteiger partial charge in [0.15, 0.2) is 5.82 Å². The average Bonchev–Trinajstić information content (AvgIpc) is 3.34. The summed E-state index contributed by atoms with van der Waals surface area (Å²) in [6, 6.07) is 10.8. The lowest BCUT2D eigenvalue weighted by Crippen LogP contribution is -2.12. The van der Waals surface area contributed by atoms with Crippen LogP contribution in [-0.2, 0) is 7.05 Å². The van der Waals surface area contributed by atoms with Crippen LogP contribution in [0.25, 0.3) is 17.2 Å². The summed E-state index contributed by atoms with van der Waals surface area (Å²) in [5.74, 6) is 1.06. The van der Waals surface area contributed by atoms with Gasteiger partial charge in [0, 0.05) is 36.9 Å². The van der Waals surface area contributed by atoms with Crippen molar-refractivity contribution < 1.29 is 4.79 Å². The maximum absolute atomic E-state index is 12.5. The fourth-order valence-electron chi connectivity index (χ4n) is 2.48. The van der Waals surface area contributed by atoms with E-state index < -0.39 is 0 Å². The van der Waals surface area contributed by atoms with Crippen LogP contribution < -0.4 is 5.32 Å². The van der Waals surface area contributed by atoms with Gasteiger partial charge in [0.1, 0.15) is 12.1 Å². The zero-order chi connectivity index (χ0) is 17.9. The van der Waals surface area contributed by atoms with Crippen LogP contribution in [0.5, 0.6) is 0 Å². The zero-order valence-corrected chi connectivity index (χ0v) is 13.8. The number of benzene rings is 1. The number of nitrogens with one attached hydrogen (secondary N) is 1. The van der Waals surface area contributed by atoms with Crippen molar-refractivity contribution in [2.45, 2.75) is 0 Å². The predicted octanol–water partition coefficient (Wildman–Crippen LogP) is 1.71. The van der Waals surface area contributed by atoms with Gasteiger partial charge in [-0.1, -0.05) is 12.1 Å². The van der Waals surface area contributed by atoms with Gasteiger partial charge in [0.05, 0.1) is 5.56 Å². The number of carbonyl (C=O) groups is 1. The Bertz CT molecular complexity index is 1040. The highest BCUT2D eigenvalue weighted by molar-refractivity contribution is 6.04. The SMILES string of the molecule is Cn1nnnc1-c1cccc(NC(=O)c2ccc(-n3ccnc3)nc2)c1. The first-order valence-electron chi connectivity index (χ1n) is 7.79. The second-order valence-corrected chi connectivity index (χ2v) is 5.54. The molecule has 4 rings (SSSR count). The number of hydrogen-bond acceptors (Lipinski definition) is 6. The monoisotopic (exact) mass is 346 g/mol. The molecule has 4 aromatic rings. The van der Waals surface area contributed by atoms with Crippen molar-refractivity contribution >= 4 is 11.6 Å². The molecule has 0 atom stereocenters. The first kappa shape index (κ1) is 15.6. The van der Waals surface area contributed by atoms with Crippen LogP contribution in [-0.4, -0.2) is 40.6 Å². The highest BCUT2D eigenvalue weighted by atomic mass is 16.1. The Morgan fingerprint density at radius 2 is 2.12 bits per heavy atom. The molecule has 128 valence electrons. The quantitative estimate of drug-likeness (QED) is 0.603. The topological polar surface area (TPSA) is 103 Å². The van der Waals surface area contributed by atoms with Gasteiger partial charge in [-0.25, -0.2) is 14.6 Å². The molecule has 3 heterocycles. The third kappa shape index (κ3) is 3.05. The van der Waals surface area contributed by atoms with Gasteiger partial charge >= 0.3 is 0 Å². The molecule has 0 radical (unpaired) electrons. The van der Waals surface area contributed by atoms with Gasteiger partial charge in [-0.3, -0.25) is 9.36 Å². The number of nitrogens with zero attached hydrogens (tertiary/aromatic N) is 7. The molecule has 3 aromatic heterocycles. The lowest BCUT2D eigenvalue weighted by atomic mass is 10.2. The molecule has 0 saturated heterocycles. The Kier molecular flexibility index (Phi) is 3.94. The molecule has 0 aliphatic rings. The maximum atomic E-state index is 12.5. The minimum Gasteiger partial charge on any atom is -0.322 e. The summed E-state index contributed by atoms with van der Waals surface area (Å²) in [5, 5.41) is 14.3. The van der Waals surface area contributed by atoms with Crippen LogP contribution >= 0.6 is 0 Å². The summed E-state index contributed by atoms with van der Waals surface area (Å²) in [5.41, 5.74) is 1.91. The largest absolute Gasteiger partial charge is 0.322 e. The normalized spacial score (nSPS) is 10.7. The molecule has 0 aliphatic carbocycles. The smallest absolute Gasteiger partial charge is 0.257 e. The molecular weight excluding hydrogens is 332 g/mol. The van der Waals surface area contributed by atoms with E-state index >= 15 is 0 Å². The summed E-state index contributed by atoms with van der Waals surface area (Å²) in [6.45, 7) is 0. The standard InChI is InChI=1S/C17H14N8O/c1-24-16(21-22-23-24)12-3-2-4-14(9-12)20-17(26)13-5-6-15(19-10-13)25-8-7-18-11-25/h2-11H,1H3,(H,20,26). The van der Waals surface area contributed by atoms with Crippen molar-refractivity contribution in [3.05, 3.63) is 66.9 Å². The Hall–Kier alpha value is -3.88. The van der Waals surface area contributed by atoms with Crippen LogP contribution in [0.15, 0.2) is 61.3 Å². The maximum Gasteiger partial charge on any atom is 0.257 e. The molecule has 1 amide bonds. The highest BCUT2D eigenvalue weighted by Gasteiger charge is 2.10. The predicted molar refractivity (Wildman–Crippen MR) is 93.5 cm³/mol. The lowest BCUT2D eigenvalue weighted by Gasteiger charge is -2.07. The number of amides is 1. The minimum atomic E-state index is -0.247. The van der Waals surface area contributed by atoms with Crippen LogP contribution in [0.1, 0.15) is 10.4 Å². The third-order valence-electron chi connectivity index (χ3n) is 3.78. The van der Waals surface area contributed by atoms with Crippen molar-refractivity contribution in [3.8, 4) is 17.2 Å². The second kappa shape index (κ2) is 6.55. The number of pyridine rings is 1. The molecular formula is C17H14N8O. The van der Waals surface area contributed by atoms with E-state index in [1.165, 1.54) is 6.20 Å². The van der Waals surface area contributed by atoms with E-state index in [0.29, 0.717) is 22.9 Å². The Morgan fingerprint density at radius 3 is 2.81 bits per heavy atom. The van der Waals surface area contributed by atoms with E-state index in [4.69, 9.17) is 0 Å². The van der Waals surface area contributed by atoms with Crippen LogP contribution in [0.4, 0.5) is 5.69 Å². The molecule has 9 heteroatoms. The van der Waals surface area contributed by atoms with Crippen LogP contribution in [0.3, 0.4) is 0 Å². The summed E-state index contributed by atoms with van der Waals surface area (Å²) in [7, 11) is 1.76. The lowest BCUT2D eigenvalue weighted by molar-refractivity contribution is 0.102. The van der Waals surface area contributed by atoms with Gasteiger partial charge < -0.3 is 5.32 Å². The number of hydrogen-bond donors (Lipinski definition) is 1. The van der Waals surface area contributed by atoms with E-state index in [-0.39, 0.29) is 5.91 Å². The number of aromatic nitrogens is 7. The summed E-state index contributed by atoms with van der Waals surface area (Å²) < 4.78 is 3.33. The molecule has 0 bridgehead atoms. The first-order valence-corrected chi connectivity index (χ1v) is 7.79. The number of carbonyl (C=O) groups excluding carboxylic acids is 1. The Balaban J connectivity index is 1.52. The number of tetrazole rings is 1. The fraction of sp³-hybridized carbons (Fsp3) is 0.0588. The van der Waals surface area contributed by atoms with Crippen LogP contribution in [0, 0.1) is 0 Å². The van der Waals surface area contributed by atoms with E-state index in [2.05, 4.69) is 30.8 Å². The van der Waals surface area contributed by atoms with E-state index in [1.807, 2.05) is 18.2 Å². The fourth-order valence-corrected chi connectivity index (χ4v) is 2.48. The number of anilines is 1. The van der Waals surface area contributed by atoms with Gasteiger partial charge in [0.2, 0.25) is 0 Å². The van der Waals surface area contributed by atoms with Gasteiger partial charge in [-0.15, -0.1) is 5.10 Å². The molecule has 9 nitrogen and oxygen atoms in total. The Morgan fingerprint density at radius 1 is 1.19 bits per heavy atom. The summed E-state index contributed by atoms with van der Waals surface area (Å²) in [6.07, 6.45) is 6.63. The van der Waals surface area contributed by atoms with E-state index in [9.17, 15) is 4.79 Å². The number of rotatable bonds is 4. The number of aryl methyl sites for hydroxylation is 1. The van der Waals surface area contributed by atoms with E-state index in [1.54, 1.807) is 53.2 Å². The molecule has 0 aliphatic heterocycles. The first-order chi connectivity index (χ1) is 12.7. The second-order valence-electron chi connectivity index (χ2n) is 5.54. The van der Waals surface area contributed by atoms with Gasteiger partial charge in [-0.05, 0) is 34.7 Å². The highest BCUT2D eigenvalue weighted by Crippen LogP contribution is 2.20. The van der Waals surface area contributed by atoms with E-state index in [0.717, 1.165) is 5.56 Å². The molecule has 0 spiro atoms.